The van der Waals surface area contributed by atoms with E-state index < -0.39 is 24.2 Å². The quantitative estimate of drug-likeness (QED) is 0.578. The molecule has 1 aromatic heterocycles. The van der Waals surface area contributed by atoms with Crippen LogP contribution in [0.5, 0.6) is 0 Å². The summed E-state index contributed by atoms with van der Waals surface area (Å²) >= 11 is 0. The second kappa shape index (κ2) is 9.82. The fourth-order valence-corrected chi connectivity index (χ4v) is 4.48. The average molecular weight is 481 g/mol. The van der Waals surface area contributed by atoms with Crippen molar-refractivity contribution in [3.8, 4) is 0 Å². The first kappa shape index (κ1) is 25.8. The van der Waals surface area contributed by atoms with E-state index in [4.69, 9.17) is 4.74 Å². The van der Waals surface area contributed by atoms with Crippen molar-refractivity contribution in [3.05, 3.63) is 63.1 Å². The molecule has 6 nitrogen and oxygen atoms in total. The summed E-state index contributed by atoms with van der Waals surface area (Å²) in [7, 11) is 1.96. The van der Waals surface area contributed by atoms with Crippen LogP contribution in [0.2, 0.25) is 0 Å². The number of halogens is 3. The molecule has 2 heterocycles. The summed E-state index contributed by atoms with van der Waals surface area (Å²) in [5.41, 5.74) is 2.56. The zero-order valence-corrected chi connectivity index (χ0v) is 19.9. The normalized spacial score (nSPS) is 20.9. The first-order valence-corrected chi connectivity index (χ1v) is 11.2. The number of ether oxygens (including phenoxy) is 1. The number of nitrogens with zero attached hydrogens (tertiary/aromatic N) is 2. The van der Waals surface area contributed by atoms with Crippen LogP contribution in [0.1, 0.15) is 62.1 Å². The molecule has 0 aromatic carbocycles. The van der Waals surface area contributed by atoms with Crippen LogP contribution < -0.4 is 5.43 Å². The van der Waals surface area contributed by atoms with Gasteiger partial charge in [-0.2, -0.15) is 13.2 Å². The van der Waals surface area contributed by atoms with Crippen molar-refractivity contribution in [2.75, 3.05) is 26.8 Å². The molecule has 186 valence electrons. The van der Waals surface area contributed by atoms with Crippen LogP contribution in [0.25, 0.3) is 5.70 Å². The highest BCUT2D eigenvalue weighted by Crippen LogP contribution is 2.41. The Kier molecular flexibility index (Phi) is 7.45. The van der Waals surface area contributed by atoms with Gasteiger partial charge in [-0.05, 0) is 30.3 Å². The lowest BCUT2D eigenvalue weighted by molar-refractivity contribution is -0.174. The van der Waals surface area contributed by atoms with Gasteiger partial charge in [0.2, 0.25) is 0 Å². The molecule has 1 N–H and O–H groups in total. The summed E-state index contributed by atoms with van der Waals surface area (Å²) in [6.45, 7) is 5.65. The van der Waals surface area contributed by atoms with Gasteiger partial charge in [0.25, 0.3) is 0 Å². The van der Waals surface area contributed by atoms with Crippen molar-refractivity contribution in [2.24, 2.45) is 5.41 Å². The van der Waals surface area contributed by atoms with Gasteiger partial charge in [0, 0.05) is 32.5 Å². The molecule has 1 unspecified atom stereocenters. The Morgan fingerprint density at radius 3 is 2.59 bits per heavy atom. The number of hydrogen-bond donors (Lipinski definition) is 1. The topological polar surface area (TPSA) is 71.8 Å². The second-order valence-corrected chi connectivity index (χ2v) is 9.92. The van der Waals surface area contributed by atoms with Gasteiger partial charge in [-0.15, -0.1) is 0 Å². The number of carboxylic acids is 1. The van der Waals surface area contributed by atoms with Crippen LogP contribution in [0.15, 0.2) is 46.4 Å². The smallest absolute Gasteiger partial charge is 0.411 e. The minimum atomic E-state index is -4.33. The highest BCUT2D eigenvalue weighted by molar-refractivity contribution is 5.87. The standard InChI is InChI=1S/C25H31F3N2O4/c1-24(2,3)21-14-29(4)22(19-12-20(31)18(23(32)33)13-30(19)21)17-9-5-7-16(11-17)8-6-10-34-15-25(26,27)28/h5,7,9,12-13,21H,6,8,10-11,14-15H2,1-4H3,(H,32,33)/b22-17-. The summed E-state index contributed by atoms with van der Waals surface area (Å²) in [5.74, 6) is -1.25. The third kappa shape index (κ3) is 6.00. The van der Waals surface area contributed by atoms with E-state index in [-0.39, 0.29) is 23.6 Å². The highest BCUT2D eigenvalue weighted by atomic mass is 19.4. The van der Waals surface area contributed by atoms with Crippen LogP contribution in [-0.4, -0.2) is 53.5 Å². The van der Waals surface area contributed by atoms with E-state index in [1.54, 1.807) is 0 Å². The van der Waals surface area contributed by atoms with Gasteiger partial charge in [-0.3, -0.25) is 4.79 Å². The van der Waals surface area contributed by atoms with E-state index in [1.807, 2.05) is 29.8 Å². The van der Waals surface area contributed by atoms with Crippen LogP contribution >= 0.6 is 0 Å². The summed E-state index contributed by atoms with van der Waals surface area (Å²) in [4.78, 5) is 26.3. The fraction of sp³-hybridized carbons (Fsp3) is 0.520. The molecular weight excluding hydrogens is 449 g/mol. The molecule has 0 amide bonds. The number of allylic oxidation sites excluding steroid dienone is 5. The Morgan fingerprint density at radius 1 is 1.26 bits per heavy atom. The van der Waals surface area contributed by atoms with Crippen LogP contribution in [-0.2, 0) is 4.74 Å². The number of rotatable bonds is 6. The molecule has 0 saturated carbocycles. The van der Waals surface area contributed by atoms with Crippen LogP contribution in [0, 0.1) is 5.41 Å². The van der Waals surface area contributed by atoms with E-state index in [2.05, 4.69) is 25.7 Å². The van der Waals surface area contributed by atoms with Gasteiger partial charge < -0.3 is 19.3 Å². The Balaban J connectivity index is 1.90. The molecule has 1 aliphatic heterocycles. The zero-order valence-electron chi connectivity index (χ0n) is 19.9. The van der Waals surface area contributed by atoms with E-state index in [1.165, 1.54) is 12.3 Å². The molecule has 9 heteroatoms. The molecule has 34 heavy (non-hydrogen) atoms. The van der Waals surface area contributed by atoms with Gasteiger partial charge in [-0.25, -0.2) is 4.79 Å². The highest BCUT2D eigenvalue weighted by Gasteiger charge is 2.36. The monoisotopic (exact) mass is 480 g/mol. The molecule has 0 saturated heterocycles. The summed E-state index contributed by atoms with van der Waals surface area (Å²) < 4.78 is 43.3. The van der Waals surface area contributed by atoms with E-state index in [9.17, 15) is 27.9 Å². The predicted molar refractivity (Wildman–Crippen MR) is 124 cm³/mol. The molecule has 0 spiro atoms. The molecule has 1 aromatic rings. The summed E-state index contributed by atoms with van der Waals surface area (Å²) in [6.07, 6.45) is 4.59. The second-order valence-electron chi connectivity index (χ2n) is 9.92. The lowest BCUT2D eigenvalue weighted by atomic mass is 9.83. The Labute approximate surface area is 197 Å². The van der Waals surface area contributed by atoms with Crippen molar-refractivity contribution in [3.63, 3.8) is 0 Å². The number of aromatic nitrogens is 1. The maximum Gasteiger partial charge on any atom is 0.411 e. The summed E-state index contributed by atoms with van der Waals surface area (Å²) in [6, 6.07) is 1.35. The molecule has 0 bridgehead atoms. The van der Waals surface area contributed by atoms with Gasteiger partial charge in [0.15, 0.2) is 5.43 Å². The van der Waals surface area contributed by atoms with Crippen molar-refractivity contribution in [2.45, 2.75) is 52.3 Å². The number of alkyl halides is 3. The molecule has 2 aliphatic rings. The van der Waals surface area contributed by atoms with Crippen LogP contribution in [0.4, 0.5) is 13.2 Å². The lowest BCUT2D eigenvalue weighted by Gasteiger charge is -2.44. The zero-order chi connectivity index (χ0) is 25.3. The molecule has 3 rings (SSSR count). The third-order valence-corrected chi connectivity index (χ3v) is 6.12. The Bertz CT molecular complexity index is 1090. The maximum absolute atomic E-state index is 12.6. The van der Waals surface area contributed by atoms with E-state index in [0.29, 0.717) is 31.5 Å². The molecule has 1 aliphatic carbocycles. The van der Waals surface area contributed by atoms with E-state index in [0.717, 1.165) is 16.8 Å². The Hall–Kier alpha value is -2.81. The first-order valence-electron chi connectivity index (χ1n) is 11.2. The van der Waals surface area contributed by atoms with Gasteiger partial charge in [-0.1, -0.05) is 44.6 Å². The molecular formula is C25H31F3N2O4. The summed E-state index contributed by atoms with van der Waals surface area (Å²) in [5, 5.41) is 9.50. The minimum absolute atomic E-state index is 0.0236. The number of hydrogen-bond acceptors (Lipinski definition) is 4. The number of fused-ring (bicyclic) bond motifs is 1. The van der Waals surface area contributed by atoms with Crippen molar-refractivity contribution in [1.29, 1.82) is 0 Å². The number of likely N-dealkylation sites (N-methyl/N-ethyl adjacent to an activating group) is 1. The van der Waals surface area contributed by atoms with Gasteiger partial charge >= 0.3 is 12.1 Å². The minimum Gasteiger partial charge on any atom is -0.477 e. The van der Waals surface area contributed by atoms with Crippen molar-refractivity contribution >= 4 is 11.7 Å². The largest absolute Gasteiger partial charge is 0.477 e. The number of pyridine rings is 1. The SMILES string of the molecule is CN1CC(C(C)(C)C)n2cc(C(=O)O)c(=O)cc2/C1=C1\C=CC=C(CCCOCC(F)(F)F)C1. The third-order valence-electron chi connectivity index (χ3n) is 6.12. The lowest BCUT2D eigenvalue weighted by Crippen LogP contribution is -2.42. The maximum atomic E-state index is 12.6. The first-order chi connectivity index (χ1) is 15.8. The van der Waals surface area contributed by atoms with Crippen LogP contribution in [0.3, 0.4) is 0 Å². The van der Waals surface area contributed by atoms with Crippen molar-refractivity contribution < 1.29 is 27.8 Å². The molecule has 0 radical (unpaired) electrons. The average Bonchev–Trinajstić information content (AvgIpc) is 2.71. The fourth-order valence-electron chi connectivity index (χ4n) is 4.48. The van der Waals surface area contributed by atoms with Gasteiger partial charge in [0.1, 0.15) is 12.2 Å². The molecule has 0 fully saturated rings. The number of carbonyl (C=O) groups is 1. The number of aromatic carboxylic acids is 1. The Morgan fingerprint density at radius 2 is 1.97 bits per heavy atom. The number of carboxylic acid groups (broad SMARTS) is 1. The van der Waals surface area contributed by atoms with Gasteiger partial charge in [0.05, 0.1) is 17.4 Å². The van der Waals surface area contributed by atoms with E-state index >= 15 is 0 Å². The molecule has 1 atom stereocenters. The predicted octanol–water partition coefficient (Wildman–Crippen LogP) is 5.04. The van der Waals surface area contributed by atoms with Crippen molar-refractivity contribution in [1.82, 2.24) is 9.47 Å².